The Labute approximate surface area is 115 Å². The van der Waals surface area contributed by atoms with Gasteiger partial charge in [0.15, 0.2) is 0 Å². The minimum absolute atomic E-state index is 0.227. The zero-order chi connectivity index (χ0) is 14.5. The lowest BCUT2D eigenvalue weighted by molar-refractivity contribution is 0.271. The van der Waals surface area contributed by atoms with Crippen LogP contribution in [0.5, 0.6) is 5.75 Å². The van der Waals surface area contributed by atoms with Crippen LogP contribution < -0.4 is 9.46 Å². The SMILES string of the molecule is C=C(C)CNS(=O)(=O)c1ccc(OCC(C)C)cc1. The lowest BCUT2D eigenvalue weighted by Crippen LogP contribution is -2.25. The van der Waals surface area contributed by atoms with Crippen LogP contribution >= 0.6 is 0 Å². The summed E-state index contributed by atoms with van der Waals surface area (Å²) in [7, 11) is -3.47. The Balaban J connectivity index is 2.72. The smallest absolute Gasteiger partial charge is 0.240 e. The first-order valence-corrected chi connectivity index (χ1v) is 7.66. The highest BCUT2D eigenvalue weighted by Gasteiger charge is 2.13. The number of hydrogen-bond acceptors (Lipinski definition) is 3. The predicted octanol–water partition coefficient (Wildman–Crippen LogP) is 2.58. The number of sulfonamides is 1. The molecule has 0 heterocycles. The van der Waals surface area contributed by atoms with E-state index in [1.165, 1.54) is 12.1 Å². The molecule has 0 unspecified atom stereocenters. The van der Waals surface area contributed by atoms with E-state index in [4.69, 9.17) is 4.74 Å². The molecule has 0 aliphatic rings. The zero-order valence-corrected chi connectivity index (χ0v) is 12.5. The van der Waals surface area contributed by atoms with Gasteiger partial charge in [-0.2, -0.15) is 0 Å². The Bertz CT molecular complexity index is 518. The summed E-state index contributed by atoms with van der Waals surface area (Å²) in [5.41, 5.74) is 0.764. The van der Waals surface area contributed by atoms with Crippen molar-refractivity contribution in [1.29, 1.82) is 0 Å². The van der Waals surface area contributed by atoms with Gasteiger partial charge in [-0.15, -0.1) is 0 Å². The van der Waals surface area contributed by atoms with E-state index in [0.717, 1.165) is 5.57 Å². The second-order valence-electron chi connectivity index (χ2n) is 4.96. The summed E-state index contributed by atoms with van der Waals surface area (Å²) in [4.78, 5) is 0.227. The highest BCUT2D eigenvalue weighted by molar-refractivity contribution is 7.89. The van der Waals surface area contributed by atoms with Crippen molar-refractivity contribution in [2.75, 3.05) is 13.2 Å². The molecule has 1 N–H and O–H groups in total. The van der Waals surface area contributed by atoms with Gasteiger partial charge in [-0.3, -0.25) is 0 Å². The molecule has 0 atom stereocenters. The van der Waals surface area contributed by atoms with Crippen molar-refractivity contribution in [2.24, 2.45) is 5.92 Å². The van der Waals surface area contributed by atoms with Crippen LogP contribution in [0.4, 0.5) is 0 Å². The minimum Gasteiger partial charge on any atom is -0.493 e. The molecule has 106 valence electrons. The Kier molecular flexibility index (Phi) is 5.57. The third kappa shape index (κ3) is 5.44. The second-order valence-corrected chi connectivity index (χ2v) is 6.72. The molecule has 19 heavy (non-hydrogen) atoms. The normalized spacial score (nSPS) is 11.6. The fourth-order valence-electron chi connectivity index (χ4n) is 1.28. The Morgan fingerprint density at radius 2 is 1.89 bits per heavy atom. The van der Waals surface area contributed by atoms with E-state index in [-0.39, 0.29) is 11.4 Å². The Morgan fingerprint density at radius 1 is 1.32 bits per heavy atom. The van der Waals surface area contributed by atoms with E-state index >= 15 is 0 Å². The first-order valence-electron chi connectivity index (χ1n) is 6.18. The van der Waals surface area contributed by atoms with Gasteiger partial charge in [-0.05, 0) is 37.1 Å². The summed E-state index contributed by atoms with van der Waals surface area (Å²) in [5, 5.41) is 0. The van der Waals surface area contributed by atoms with Gasteiger partial charge in [0.25, 0.3) is 0 Å². The van der Waals surface area contributed by atoms with Crippen LogP contribution in [0.2, 0.25) is 0 Å². The van der Waals surface area contributed by atoms with Gasteiger partial charge in [0.2, 0.25) is 10.0 Å². The molecule has 1 rings (SSSR count). The summed E-state index contributed by atoms with van der Waals surface area (Å²) >= 11 is 0. The van der Waals surface area contributed by atoms with Crippen molar-refractivity contribution in [3.63, 3.8) is 0 Å². The van der Waals surface area contributed by atoms with Crippen molar-refractivity contribution in [3.8, 4) is 5.75 Å². The number of hydrogen-bond donors (Lipinski definition) is 1. The number of benzene rings is 1. The van der Waals surface area contributed by atoms with E-state index in [0.29, 0.717) is 18.3 Å². The third-order valence-corrected chi connectivity index (χ3v) is 3.70. The molecule has 0 saturated heterocycles. The minimum atomic E-state index is -3.47. The largest absolute Gasteiger partial charge is 0.493 e. The van der Waals surface area contributed by atoms with Crippen LogP contribution in [0.3, 0.4) is 0 Å². The maximum atomic E-state index is 11.9. The molecule has 0 aliphatic heterocycles. The van der Waals surface area contributed by atoms with Crippen molar-refractivity contribution in [3.05, 3.63) is 36.4 Å². The summed E-state index contributed by atoms with van der Waals surface area (Å²) < 4.78 is 31.8. The Hall–Kier alpha value is -1.33. The molecular formula is C14H21NO3S. The first-order chi connectivity index (χ1) is 8.81. The Morgan fingerprint density at radius 3 is 2.37 bits per heavy atom. The van der Waals surface area contributed by atoms with Crippen molar-refractivity contribution >= 4 is 10.0 Å². The third-order valence-electron chi connectivity index (χ3n) is 2.28. The van der Waals surface area contributed by atoms with E-state index in [2.05, 4.69) is 25.1 Å². The van der Waals surface area contributed by atoms with Crippen molar-refractivity contribution < 1.29 is 13.2 Å². The van der Waals surface area contributed by atoms with Crippen LogP contribution in [0.1, 0.15) is 20.8 Å². The summed E-state index contributed by atoms with van der Waals surface area (Å²) in [6, 6.07) is 6.41. The fourth-order valence-corrected chi connectivity index (χ4v) is 2.38. The van der Waals surface area contributed by atoms with Crippen LogP contribution in [-0.4, -0.2) is 21.6 Å². The lowest BCUT2D eigenvalue weighted by Gasteiger charge is -2.10. The molecule has 5 heteroatoms. The molecule has 0 fully saturated rings. The topological polar surface area (TPSA) is 55.4 Å². The number of ether oxygens (including phenoxy) is 1. The molecule has 4 nitrogen and oxygen atoms in total. The van der Waals surface area contributed by atoms with Gasteiger partial charge < -0.3 is 4.74 Å². The second kappa shape index (κ2) is 6.73. The first kappa shape index (κ1) is 15.7. The van der Waals surface area contributed by atoms with E-state index in [9.17, 15) is 8.42 Å². The standard InChI is InChI=1S/C14H21NO3S/c1-11(2)9-15-19(16,17)14-7-5-13(6-8-14)18-10-12(3)4/h5-8,12,15H,1,9-10H2,2-4H3. The van der Waals surface area contributed by atoms with E-state index in [1.54, 1.807) is 19.1 Å². The van der Waals surface area contributed by atoms with Gasteiger partial charge in [0.05, 0.1) is 11.5 Å². The molecule has 0 radical (unpaired) electrons. The van der Waals surface area contributed by atoms with Crippen LogP contribution in [0, 0.1) is 5.92 Å². The summed E-state index contributed by atoms with van der Waals surface area (Å²) in [5.74, 6) is 1.10. The molecule has 0 spiro atoms. The molecular weight excluding hydrogens is 262 g/mol. The van der Waals surface area contributed by atoms with Gasteiger partial charge in [0, 0.05) is 6.54 Å². The van der Waals surface area contributed by atoms with Crippen LogP contribution in [0.25, 0.3) is 0 Å². The fraction of sp³-hybridized carbons (Fsp3) is 0.429. The summed E-state index contributed by atoms with van der Waals surface area (Å²) in [6.45, 7) is 10.4. The predicted molar refractivity (Wildman–Crippen MR) is 76.8 cm³/mol. The highest BCUT2D eigenvalue weighted by atomic mass is 32.2. The molecule has 0 amide bonds. The average molecular weight is 283 g/mol. The number of rotatable bonds is 7. The lowest BCUT2D eigenvalue weighted by atomic mass is 10.2. The van der Waals surface area contributed by atoms with Crippen LogP contribution in [0.15, 0.2) is 41.3 Å². The van der Waals surface area contributed by atoms with Gasteiger partial charge >= 0.3 is 0 Å². The molecule has 1 aromatic carbocycles. The van der Waals surface area contributed by atoms with Gasteiger partial charge in [-0.25, -0.2) is 13.1 Å². The highest BCUT2D eigenvalue weighted by Crippen LogP contribution is 2.16. The quantitative estimate of drug-likeness (QED) is 0.782. The molecule has 0 bridgehead atoms. The van der Waals surface area contributed by atoms with Gasteiger partial charge in [0.1, 0.15) is 5.75 Å². The van der Waals surface area contributed by atoms with Crippen molar-refractivity contribution in [2.45, 2.75) is 25.7 Å². The van der Waals surface area contributed by atoms with E-state index in [1.807, 2.05) is 0 Å². The molecule has 1 aromatic rings. The average Bonchev–Trinajstić information content (AvgIpc) is 2.34. The molecule has 0 saturated carbocycles. The maximum absolute atomic E-state index is 11.9. The maximum Gasteiger partial charge on any atom is 0.240 e. The molecule has 0 aliphatic carbocycles. The molecule has 0 aromatic heterocycles. The van der Waals surface area contributed by atoms with E-state index < -0.39 is 10.0 Å². The zero-order valence-electron chi connectivity index (χ0n) is 11.6. The summed E-state index contributed by atoms with van der Waals surface area (Å²) in [6.07, 6.45) is 0. The monoisotopic (exact) mass is 283 g/mol. The van der Waals surface area contributed by atoms with Crippen molar-refractivity contribution in [1.82, 2.24) is 4.72 Å². The van der Waals surface area contributed by atoms with Gasteiger partial charge in [-0.1, -0.05) is 26.0 Å². The number of nitrogens with one attached hydrogen (secondary N) is 1. The van der Waals surface area contributed by atoms with Crippen LogP contribution in [-0.2, 0) is 10.0 Å².